The van der Waals surface area contributed by atoms with E-state index in [2.05, 4.69) is 10.9 Å². The van der Waals surface area contributed by atoms with Crippen LogP contribution >= 0.6 is 23.1 Å². The van der Waals surface area contributed by atoms with Crippen molar-refractivity contribution >= 4 is 34.9 Å². The number of hydrogen-bond donors (Lipinski definition) is 2. The number of carbonyl (C=O) groups excluding carboxylic acids is 2. The summed E-state index contributed by atoms with van der Waals surface area (Å²) < 4.78 is 12.7. The van der Waals surface area contributed by atoms with E-state index in [1.54, 1.807) is 29.0 Å². The summed E-state index contributed by atoms with van der Waals surface area (Å²) in [5, 5.41) is 3.49. The molecule has 0 bridgehead atoms. The molecular weight excluding hydrogens is 311 g/mol. The first-order valence-electron chi connectivity index (χ1n) is 6.15. The highest BCUT2D eigenvalue weighted by Gasteiger charge is 2.07. The molecule has 2 amide bonds. The van der Waals surface area contributed by atoms with Gasteiger partial charge in [-0.2, -0.15) is 11.3 Å². The lowest BCUT2D eigenvalue weighted by atomic mass is 10.3. The Morgan fingerprint density at radius 1 is 1.14 bits per heavy atom. The second kappa shape index (κ2) is 7.80. The van der Waals surface area contributed by atoms with Crippen LogP contribution in [0.1, 0.15) is 16.8 Å². The minimum atomic E-state index is -0.337. The van der Waals surface area contributed by atoms with Crippen LogP contribution in [-0.4, -0.2) is 17.6 Å². The van der Waals surface area contributed by atoms with Crippen LogP contribution in [-0.2, 0) is 4.79 Å². The normalized spacial score (nSPS) is 10.1. The van der Waals surface area contributed by atoms with Gasteiger partial charge < -0.3 is 0 Å². The fraction of sp³-hybridized carbons (Fsp3) is 0.143. The number of halogens is 1. The maximum Gasteiger partial charge on any atom is 0.270 e. The number of thioether (sulfide) groups is 1. The number of hydrazine groups is 1. The molecule has 0 atom stereocenters. The molecule has 1 heterocycles. The van der Waals surface area contributed by atoms with Gasteiger partial charge in [0, 0.05) is 22.4 Å². The highest BCUT2D eigenvalue weighted by molar-refractivity contribution is 7.99. The predicted octanol–water partition coefficient (Wildman–Crippen LogP) is 2.83. The van der Waals surface area contributed by atoms with Crippen LogP contribution in [0.2, 0.25) is 0 Å². The average molecular weight is 324 g/mol. The first-order valence-corrected chi connectivity index (χ1v) is 8.08. The number of hydrogen-bond acceptors (Lipinski definition) is 4. The highest BCUT2D eigenvalue weighted by Crippen LogP contribution is 2.18. The first-order chi connectivity index (χ1) is 10.1. The number of benzene rings is 1. The third-order valence-corrected chi connectivity index (χ3v) is 4.21. The molecule has 0 fully saturated rings. The molecule has 4 nitrogen and oxygen atoms in total. The molecular formula is C14H13FN2O2S2. The van der Waals surface area contributed by atoms with E-state index in [0.717, 1.165) is 4.90 Å². The van der Waals surface area contributed by atoms with Gasteiger partial charge in [0.25, 0.3) is 5.91 Å². The van der Waals surface area contributed by atoms with Gasteiger partial charge in [0.1, 0.15) is 5.82 Å². The van der Waals surface area contributed by atoms with Gasteiger partial charge in [-0.3, -0.25) is 20.4 Å². The summed E-state index contributed by atoms with van der Waals surface area (Å²) in [5.41, 5.74) is 5.22. The fourth-order valence-corrected chi connectivity index (χ4v) is 2.93. The Kier molecular flexibility index (Phi) is 5.77. The SMILES string of the molecule is O=C(CCSc1ccc(F)cc1)NNC(=O)c1ccsc1. The molecule has 2 aromatic rings. The van der Waals surface area contributed by atoms with Crippen molar-refractivity contribution in [3.05, 3.63) is 52.5 Å². The van der Waals surface area contributed by atoms with Gasteiger partial charge in [0.05, 0.1) is 5.56 Å². The Bertz CT molecular complexity index is 600. The second-order valence-electron chi connectivity index (χ2n) is 4.07. The molecule has 0 radical (unpaired) electrons. The molecule has 2 N–H and O–H groups in total. The van der Waals surface area contributed by atoms with Crippen molar-refractivity contribution in [1.82, 2.24) is 10.9 Å². The van der Waals surface area contributed by atoms with Crippen molar-refractivity contribution < 1.29 is 14.0 Å². The number of rotatable bonds is 5. The van der Waals surface area contributed by atoms with Gasteiger partial charge >= 0.3 is 0 Å². The number of amides is 2. The van der Waals surface area contributed by atoms with Gasteiger partial charge in [-0.1, -0.05) is 0 Å². The summed E-state index contributed by atoms with van der Waals surface area (Å²) in [6.07, 6.45) is 0.256. The van der Waals surface area contributed by atoms with Crippen LogP contribution in [0.5, 0.6) is 0 Å². The molecule has 0 aliphatic rings. The highest BCUT2D eigenvalue weighted by atomic mass is 32.2. The Balaban J connectivity index is 1.66. The zero-order chi connectivity index (χ0) is 15.1. The molecule has 0 aliphatic heterocycles. The molecule has 0 saturated heterocycles. The van der Waals surface area contributed by atoms with E-state index in [1.165, 1.54) is 35.2 Å². The summed E-state index contributed by atoms with van der Waals surface area (Å²) in [6.45, 7) is 0. The molecule has 1 aromatic carbocycles. The smallest absolute Gasteiger partial charge is 0.270 e. The van der Waals surface area contributed by atoms with E-state index < -0.39 is 0 Å². The van der Waals surface area contributed by atoms with Crippen molar-refractivity contribution in [2.45, 2.75) is 11.3 Å². The monoisotopic (exact) mass is 324 g/mol. The van der Waals surface area contributed by atoms with E-state index in [9.17, 15) is 14.0 Å². The van der Waals surface area contributed by atoms with Crippen molar-refractivity contribution in [2.24, 2.45) is 0 Å². The lowest BCUT2D eigenvalue weighted by Gasteiger charge is -2.06. The van der Waals surface area contributed by atoms with Crippen LogP contribution in [0.4, 0.5) is 4.39 Å². The Labute approximate surface area is 129 Å². The molecule has 110 valence electrons. The van der Waals surface area contributed by atoms with Gasteiger partial charge in [-0.15, -0.1) is 11.8 Å². The predicted molar refractivity (Wildman–Crippen MR) is 81.7 cm³/mol. The van der Waals surface area contributed by atoms with Gasteiger partial charge in [0.2, 0.25) is 5.91 Å². The molecule has 0 spiro atoms. The van der Waals surface area contributed by atoms with Gasteiger partial charge in [-0.05, 0) is 35.7 Å². The minimum Gasteiger partial charge on any atom is -0.273 e. The molecule has 21 heavy (non-hydrogen) atoms. The van der Waals surface area contributed by atoms with Crippen molar-refractivity contribution in [3.8, 4) is 0 Å². The Morgan fingerprint density at radius 3 is 2.57 bits per heavy atom. The number of thiophene rings is 1. The summed E-state index contributed by atoms with van der Waals surface area (Å²) in [6, 6.07) is 7.76. The lowest BCUT2D eigenvalue weighted by molar-refractivity contribution is -0.121. The van der Waals surface area contributed by atoms with E-state index in [-0.39, 0.29) is 24.1 Å². The molecule has 1 aromatic heterocycles. The summed E-state index contributed by atoms with van der Waals surface area (Å²) >= 11 is 2.86. The molecule has 0 saturated carbocycles. The minimum absolute atomic E-state index is 0.256. The zero-order valence-electron chi connectivity index (χ0n) is 11.0. The topological polar surface area (TPSA) is 58.2 Å². The Morgan fingerprint density at radius 2 is 1.90 bits per heavy atom. The number of carbonyl (C=O) groups is 2. The van der Waals surface area contributed by atoms with Crippen molar-refractivity contribution in [2.75, 3.05) is 5.75 Å². The van der Waals surface area contributed by atoms with E-state index >= 15 is 0 Å². The van der Waals surface area contributed by atoms with Gasteiger partial charge in [-0.25, -0.2) is 4.39 Å². The summed E-state index contributed by atoms with van der Waals surface area (Å²) in [5.74, 6) is -0.344. The van der Waals surface area contributed by atoms with Gasteiger partial charge in [0.15, 0.2) is 0 Å². The molecule has 0 aliphatic carbocycles. The average Bonchev–Trinajstić information content (AvgIpc) is 3.01. The lowest BCUT2D eigenvalue weighted by Crippen LogP contribution is -2.41. The molecule has 7 heteroatoms. The van der Waals surface area contributed by atoms with Crippen molar-refractivity contribution in [1.29, 1.82) is 0 Å². The maximum absolute atomic E-state index is 12.7. The largest absolute Gasteiger partial charge is 0.273 e. The molecule has 0 unspecified atom stereocenters. The van der Waals surface area contributed by atoms with E-state index in [4.69, 9.17) is 0 Å². The standard InChI is InChI=1S/C14H13FN2O2S2/c15-11-1-3-12(4-2-11)21-8-6-13(18)16-17-14(19)10-5-7-20-9-10/h1-5,7,9H,6,8H2,(H,16,18)(H,17,19). The summed E-state index contributed by atoms with van der Waals surface area (Å²) in [4.78, 5) is 24.0. The second-order valence-corrected chi connectivity index (χ2v) is 6.02. The van der Waals surface area contributed by atoms with Crippen LogP contribution in [0.25, 0.3) is 0 Å². The van der Waals surface area contributed by atoms with Crippen LogP contribution in [0.3, 0.4) is 0 Å². The first kappa shape index (κ1) is 15.5. The third-order valence-electron chi connectivity index (χ3n) is 2.51. The van der Waals surface area contributed by atoms with Crippen LogP contribution in [0.15, 0.2) is 46.0 Å². The maximum atomic E-state index is 12.7. The third kappa shape index (κ3) is 5.20. The van der Waals surface area contributed by atoms with E-state index in [1.807, 2.05) is 0 Å². The Hall–Kier alpha value is -1.86. The van der Waals surface area contributed by atoms with Crippen LogP contribution in [0, 0.1) is 5.82 Å². The summed E-state index contributed by atoms with van der Waals surface area (Å²) in [7, 11) is 0. The van der Waals surface area contributed by atoms with Crippen LogP contribution < -0.4 is 10.9 Å². The molecule has 2 rings (SSSR count). The zero-order valence-corrected chi connectivity index (χ0v) is 12.6. The quantitative estimate of drug-likeness (QED) is 0.657. The fourth-order valence-electron chi connectivity index (χ4n) is 1.45. The number of nitrogens with one attached hydrogen (secondary N) is 2. The van der Waals surface area contributed by atoms with Crippen molar-refractivity contribution in [3.63, 3.8) is 0 Å². The van der Waals surface area contributed by atoms with E-state index in [0.29, 0.717) is 11.3 Å².